The fourth-order valence-corrected chi connectivity index (χ4v) is 9.17. The number of rotatable bonds is 20. The van der Waals surface area contributed by atoms with E-state index in [2.05, 4.69) is 18.7 Å². The van der Waals surface area contributed by atoms with Crippen molar-refractivity contribution in [2.24, 2.45) is 22.9 Å². The van der Waals surface area contributed by atoms with Crippen molar-refractivity contribution in [3.05, 3.63) is 108 Å². The van der Waals surface area contributed by atoms with Crippen molar-refractivity contribution in [2.45, 2.75) is 74.2 Å². The van der Waals surface area contributed by atoms with E-state index in [1.165, 1.54) is 0 Å². The number of fused-ring (bicyclic) bond motifs is 2. The fourth-order valence-electron chi connectivity index (χ4n) is 8.69. The molecule has 2 N–H and O–H groups in total. The molecule has 6 atom stereocenters. The Kier molecular flexibility index (Phi) is 15.4. The lowest BCUT2D eigenvalue weighted by Crippen LogP contribution is -2.69. The molecule has 10 nitrogen and oxygen atoms in total. The number of nitrogens with zero attached hydrogens (tertiary/aromatic N) is 2. The lowest BCUT2D eigenvalue weighted by Gasteiger charge is -2.59. The van der Waals surface area contributed by atoms with Crippen LogP contribution in [0.5, 0.6) is 17.2 Å². The van der Waals surface area contributed by atoms with E-state index < -0.39 is 23.8 Å². The number of ether oxygens (including phenoxy) is 4. The monoisotopic (exact) mass is 818 g/mol. The van der Waals surface area contributed by atoms with Gasteiger partial charge in [0.2, 0.25) is 5.79 Å². The SMILES string of the molecule is C=CCOC12Oc3ccc(Oc4ccc(SC)cc4)cc3C3C(CCCCO)C(CCCCO)C=C(C(=NOCc4ccccc4)CC1N(C)C(=O)OCCCl)C32. The molecule has 6 rings (SSSR count). The Hall–Kier alpha value is -4.00. The minimum Gasteiger partial charge on any atom is -0.459 e. The molecule has 6 unspecified atom stereocenters. The van der Waals surface area contributed by atoms with Crippen molar-refractivity contribution < 1.29 is 38.8 Å². The van der Waals surface area contributed by atoms with Gasteiger partial charge in [-0.15, -0.1) is 29.9 Å². The van der Waals surface area contributed by atoms with Crippen LogP contribution in [-0.2, 0) is 20.9 Å². The maximum atomic E-state index is 13.8. The summed E-state index contributed by atoms with van der Waals surface area (Å²) in [6, 6.07) is 23.1. The summed E-state index contributed by atoms with van der Waals surface area (Å²) in [7, 11) is 1.70. The summed E-state index contributed by atoms with van der Waals surface area (Å²) in [5.74, 6) is 0.344. The standard InChI is InChI=1S/C45H55ClN2O8S/c1-4-25-53-45-41(48(2)44(51)52-26-22-46)29-39(47-54-30-31-12-6-5-7-13-31)37-27-32(14-8-10-23-49)36(15-9-11-24-50)42(43(37)45)38-28-34(18-21-40(38)56-45)55-33-16-19-35(57-3)20-17-33/h4-7,12-13,16-21,27-28,32,36,41-43,49-50H,1,8-11,14-15,22-26,29-30H2,2-3H3. The normalized spacial score (nSPS) is 24.1. The van der Waals surface area contributed by atoms with Crippen LogP contribution >= 0.6 is 23.4 Å². The molecule has 0 radical (unpaired) electrons. The number of halogens is 1. The predicted molar refractivity (Wildman–Crippen MR) is 224 cm³/mol. The van der Waals surface area contributed by atoms with Gasteiger partial charge in [0.15, 0.2) is 0 Å². The first kappa shape index (κ1) is 42.6. The van der Waals surface area contributed by atoms with Crippen molar-refractivity contribution in [1.82, 2.24) is 4.90 Å². The van der Waals surface area contributed by atoms with Crippen molar-refractivity contribution in [3.8, 4) is 17.2 Å². The van der Waals surface area contributed by atoms with Crippen LogP contribution in [0.15, 0.2) is 107 Å². The molecule has 0 spiro atoms. The quantitative estimate of drug-likeness (QED) is 0.0378. The molecule has 3 aliphatic rings. The maximum absolute atomic E-state index is 13.8. The van der Waals surface area contributed by atoms with E-state index in [9.17, 15) is 15.0 Å². The van der Waals surface area contributed by atoms with Crippen LogP contribution in [0.1, 0.15) is 62.0 Å². The van der Waals surface area contributed by atoms with E-state index in [-0.39, 0.29) is 63.1 Å². The number of aliphatic hydroxyl groups is 2. The van der Waals surface area contributed by atoms with E-state index in [1.54, 1.807) is 29.8 Å². The summed E-state index contributed by atoms with van der Waals surface area (Å²) < 4.78 is 26.2. The van der Waals surface area contributed by atoms with E-state index in [0.717, 1.165) is 53.0 Å². The number of alkyl halides is 1. The van der Waals surface area contributed by atoms with Gasteiger partial charge < -0.3 is 38.9 Å². The van der Waals surface area contributed by atoms with E-state index in [0.29, 0.717) is 30.1 Å². The van der Waals surface area contributed by atoms with Crippen LogP contribution in [0.2, 0.25) is 0 Å². The summed E-state index contributed by atoms with van der Waals surface area (Å²) in [5, 5.41) is 24.6. The number of aliphatic hydroxyl groups excluding tert-OH is 2. The number of thioether (sulfide) groups is 1. The summed E-state index contributed by atoms with van der Waals surface area (Å²) in [6.45, 7) is 4.68. The molecule has 1 amide bonds. The zero-order valence-electron chi connectivity index (χ0n) is 32.9. The molecule has 1 saturated carbocycles. The minimum absolute atomic E-state index is 0.0469. The van der Waals surface area contributed by atoms with Crippen LogP contribution in [-0.4, -0.2) is 84.4 Å². The molecule has 306 valence electrons. The summed E-state index contributed by atoms with van der Waals surface area (Å²) in [5.41, 5.74) is 3.61. The van der Waals surface area contributed by atoms with Gasteiger partial charge in [-0.25, -0.2) is 4.79 Å². The third-order valence-electron chi connectivity index (χ3n) is 11.2. The molecule has 0 bridgehead atoms. The second kappa shape index (κ2) is 20.6. The number of hydrogen-bond donors (Lipinski definition) is 2. The van der Waals surface area contributed by atoms with E-state index >= 15 is 0 Å². The number of unbranched alkanes of at least 4 members (excludes halogenated alkanes) is 2. The number of likely N-dealkylation sites (N-methyl/N-ethyl adjacent to an activating group) is 1. The Morgan fingerprint density at radius 3 is 2.47 bits per heavy atom. The van der Waals surface area contributed by atoms with Crippen LogP contribution in [0, 0.1) is 17.8 Å². The second-order valence-corrected chi connectivity index (χ2v) is 16.0. The predicted octanol–water partition coefficient (Wildman–Crippen LogP) is 9.34. The lowest BCUT2D eigenvalue weighted by atomic mass is 9.55. The first-order chi connectivity index (χ1) is 27.9. The average molecular weight is 819 g/mol. The number of carbonyl (C=O) groups is 1. The number of carbonyl (C=O) groups excluding carboxylic acids is 1. The van der Waals surface area contributed by atoms with Gasteiger partial charge in [0.1, 0.15) is 36.5 Å². The highest BCUT2D eigenvalue weighted by molar-refractivity contribution is 7.98. The molecule has 1 heterocycles. The minimum atomic E-state index is -1.38. The van der Waals surface area contributed by atoms with E-state index in [4.69, 9.17) is 40.5 Å². The first-order valence-electron chi connectivity index (χ1n) is 19.9. The van der Waals surface area contributed by atoms with Gasteiger partial charge in [0.25, 0.3) is 0 Å². The van der Waals surface area contributed by atoms with Crippen molar-refractivity contribution >= 4 is 35.2 Å². The van der Waals surface area contributed by atoms with Gasteiger partial charge in [0, 0.05) is 43.1 Å². The van der Waals surface area contributed by atoms with Gasteiger partial charge in [-0.3, -0.25) is 0 Å². The number of oxime groups is 1. The van der Waals surface area contributed by atoms with Crippen LogP contribution in [0.4, 0.5) is 4.79 Å². The summed E-state index contributed by atoms with van der Waals surface area (Å²) in [4.78, 5) is 22.6. The van der Waals surface area contributed by atoms with Gasteiger partial charge in [-0.05, 0) is 97.4 Å². The van der Waals surface area contributed by atoms with E-state index in [1.807, 2.05) is 73.0 Å². The van der Waals surface area contributed by atoms with Crippen LogP contribution in [0.3, 0.4) is 0 Å². The Balaban J connectivity index is 1.54. The van der Waals surface area contributed by atoms with Gasteiger partial charge in [-0.1, -0.05) is 60.5 Å². The molecule has 0 saturated heterocycles. The number of amides is 1. The average Bonchev–Trinajstić information content (AvgIpc) is 3.24. The molecule has 1 fully saturated rings. The molecule has 0 aromatic heterocycles. The third kappa shape index (κ3) is 9.83. The molecular weight excluding hydrogens is 764 g/mol. The molecule has 2 aliphatic carbocycles. The van der Waals surface area contributed by atoms with Crippen molar-refractivity contribution in [1.29, 1.82) is 0 Å². The Labute approximate surface area is 345 Å². The fraction of sp³-hybridized carbons (Fsp3) is 0.467. The van der Waals surface area contributed by atoms with Gasteiger partial charge >= 0.3 is 6.09 Å². The molecule has 1 aliphatic heterocycles. The maximum Gasteiger partial charge on any atom is 0.410 e. The summed E-state index contributed by atoms with van der Waals surface area (Å²) >= 11 is 7.63. The number of hydrogen-bond acceptors (Lipinski definition) is 10. The summed E-state index contributed by atoms with van der Waals surface area (Å²) in [6.07, 6.45) is 10.4. The Bertz CT molecular complexity index is 1840. The lowest BCUT2D eigenvalue weighted by molar-refractivity contribution is -0.253. The number of allylic oxidation sites excluding steroid dienone is 1. The smallest absolute Gasteiger partial charge is 0.410 e. The molecule has 3 aromatic carbocycles. The zero-order chi connectivity index (χ0) is 40.2. The highest BCUT2D eigenvalue weighted by Gasteiger charge is 2.65. The topological polar surface area (TPSA) is 119 Å². The first-order valence-corrected chi connectivity index (χ1v) is 21.6. The van der Waals surface area contributed by atoms with Crippen molar-refractivity contribution in [2.75, 3.05) is 45.6 Å². The van der Waals surface area contributed by atoms with Crippen LogP contribution < -0.4 is 9.47 Å². The second-order valence-electron chi connectivity index (χ2n) is 14.7. The van der Waals surface area contributed by atoms with Gasteiger partial charge in [-0.2, -0.15) is 0 Å². The van der Waals surface area contributed by atoms with Crippen molar-refractivity contribution in [3.63, 3.8) is 0 Å². The highest BCUT2D eigenvalue weighted by Crippen LogP contribution is 2.62. The number of benzene rings is 3. The molecule has 57 heavy (non-hydrogen) atoms. The Morgan fingerprint density at radius 1 is 1.04 bits per heavy atom. The Morgan fingerprint density at radius 2 is 1.77 bits per heavy atom. The molecular formula is C45H55ClN2O8S. The third-order valence-corrected chi connectivity index (χ3v) is 12.1. The van der Waals surface area contributed by atoms with Crippen LogP contribution in [0.25, 0.3) is 0 Å². The molecule has 3 aromatic rings. The zero-order valence-corrected chi connectivity index (χ0v) is 34.5. The highest BCUT2D eigenvalue weighted by atomic mass is 35.5. The van der Waals surface area contributed by atoms with Gasteiger partial charge in [0.05, 0.1) is 24.1 Å². The molecule has 12 heteroatoms. The largest absolute Gasteiger partial charge is 0.459 e.